The quantitative estimate of drug-likeness (QED) is 0.533. The summed E-state index contributed by atoms with van der Waals surface area (Å²) in [7, 11) is -3.77. The lowest BCUT2D eigenvalue weighted by Gasteiger charge is -2.31. The molecule has 1 aromatic heterocycles. The Kier molecular flexibility index (Phi) is 6.98. The highest BCUT2D eigenvalue weighted by atomic mass is 35.5. The third-order valence-electron chi connectivity index (χ3n) is 4.69. The summed E-state index contributed by atoms with van der Waals surface area (Å²) < 4.78 is 26.4. The minimum Gasteiger partial charge on any atom is -0.299 e. The van der Waals surface area contributed by atoms with Gasteiger partial charge in [0.15, 0.2) is 0 Å². The molecule has 3 rings (SSSR count). The van der Waals surface area contributed by atoms with E-state index in [0.717, 1.165) is 21.7 Å². The van der Waals surface area contributed by atoms with Crippen LogP contribution in [0.5, 0.6) is 0 Å². The second kappa shape index (κ2) is 9.33. The monoisotopic (exact) mass is 478 g/mol. The molecule has 0 saturated heterocycles. The summed E-state index contributed by atoms with van der Waals surface area (Å²) in [5.74, 6) is -0.487. The van der Waals surface area contributed by atoms with Crippen LogP contribution in [0.15, 0.2) is 42.5 Å². The summed E-state index contributed by atoms with van der Waals surface area (Å²) in [5, 5.41) is 12.2. The van der Waals surface area contributed by atoms with Crippen molar-refractivity contribution in [3.05, 3.63) is 58.6 Å². The number of amides is 1. The lowest BCUT2D eigenvalue weighted by atomic mass is 10.1. The van der Waals surface area contributed by atoms with Gasteiger partial charge in [0.2, 0.25) is 21.1 Å². The maximum atomic E-state index is 13.1. The summed E-state index contributed by atoms with van der Waals surface area (Å²) in [4.78, 5) is 13.1. The maximum Gasteiger partial charge on any atom is 0.250 e. The van der Waals surface area contributed by atoms with Crippen LogP contribution in [0.25, 0.3) is 10.6 Å². The third-order valence-corrected chi connectivity index (χ3v) is 6.98. The van der Waals surface area contributed by atoms with Crippen LogP contribution >= 0.6 is 22.9 Å². The van der Waals surface area contributed by atoms with Crippen molar-refractivity contribution in [2.24, 2.45) is 0 Å². The highest BCUT2D eigenvalue weighted by Crippen LogP contribution is 2.31. The molecular weight excluding hydrogens is 456 g/mol. The number of nitrogens with one attached hydrogen (secondary N) is 1. The van der Waals surface area contributed by atoms with Crippen molar-refractivity contribution < 1.29 is 13.2 Å². The van der Waals surface area contributed by atoms with Crippen LogP contribution in [0.4, 0.5) is 10.8 Å². The number of aryl methyl sites for hydroxylation is 2. The summed E-state index contributed by atoms with van der Waals surface area (Å²) in [6.07, 6.45) is 1.33. The normalized spacial score (nSPS) is 12.4. The predicted octanol–water partition coefficient (Wildman–Crippen LogP) is 4.66. The van der Waals surface area contributed by atoms with Gasteiger partial charge in [0.05, 0.1) is 11.9 Å². The number of sulfonamides is 1. The SMILES string of the molecule is CCC(C(=O)Nc1nnc(-c2ccc(C)cc2)s1)N(c1cc(Cl)ccc1C)S(C)(=O)=O. The molecule has 31 heavy (non-hydrogen) atoms. The van der Waals surface area contributed by atoms with Crippen molar-refractivity contribution in [1.29, 1.82) is 0 Å². The number of carbonyl (C=O) groups is 1. The van der Waals surface area contributed by atoms with E-state index in [1.54, 1.807) is 32.0 Å². The number of halogens is 1. The first-order valence-electron chi connectivity index (χ1n) is 9.57. The number of aromatic nitrogens is 2. The van der Waals surface area contributed by atoms with Gasteiger partial charge in [-0.25, -0.2) is 8.42 Å². The van der Waals surface area contributed by atoms with Gasteiger partial charge in [0.1, 0.15) is 11.0 Å². The molecule has 3 aromatic rings. The highest BCUT2D eigenvalue weighted by Gasteiger charge is 2.33. The lowest BCUT2D eigenvalue weighted by molar-refractivity contribution is -0.117. The van der Waals surface area contributed by atoms with Gasteiger partial charge in [-0.1, -0.05) is 65.8 Å². The van der Waals surface area contributed by atoms with E-state index in [1.165, 1.54) is 11.3 Å². The van der Waals surface area contributed by atoms with Gasteiger partial charge in [0, 0.05) is 10.6 Å². The average molecular weight is 479 g/mol. The molecule has 0 aliphatic carbocycles. The smallest absolute Gasteiger partial charge is 0.250 e. The van der Waals surface area contributed by atoms with Gasteiger partial charge in [-0.3, -0.25) is 14.4 Å². The fourth-order valence-electron chi connectivity index (χ4n) is 3.13. The fraction of sp³-hybridized carbons (Fsp3) is 0.286. The second-order valence-corrected chi connectivity index (χ2v) is 10.5. The van der Waals surface area contributed by atoms with Crippen molar-refractivity contribution in [3.8, 4) is 10.6 Å². The zero-order valence-electron chi connectivity index (χ0n) is 17.6. The molecule has 164 valence electrons. The Labute approximate surface area is 191 Å². The lowest BCUT2D eigenvalue weighted by Crippen LogP contribution is -2.47. The van der Waals surface area contributed by atoms with Crippen LogP contribution < -0.4 is 9.62 Å². The van der Waals surface area contributed by atoms with E-state index in [1.807, 2.05) is 31.2 Å². The Balaban J connectivity index is 1.89. The molecule has 10 heteroatoms. The van der Waals surface area contributed by atoms with Gasteiger partial charge in [-0.2, -0.15) is 0 Å². The molecule has 0 aliphatic rings. The van der Waals surface area contributed by atoms with Gasteiger partial charge >= 0.3 is 0 Å². The molecule has 1 unspecified atom stereocenters. The van der Waals surface area contributed by atoms with Gasteiger partial charge in [-0.15, -0.1) is 10.2 Å². The van der Waals surface area contributed by atoms with Crippen LogP contribution in [0, 0.1) is 13.8 Å². The minimum atomic E-state index is -3.77. The molecule has 1 N–H and O–H groups in total. The number of rotatable bonds is 7. The first-order valence-corrected chi connectivity index (χ1v) is 12.6. The Morgan fingerprint density at radius 3 is 2.45 bits per heavy atom. The number of carbonyl (C=O) groups excluding carboxylic acids is 1. The average Bonchev–Trinajstić information content (AvgIpc) is 3.16. The predicted molar refractivity (Wildman–Crippen MR) is 126 cm³/mol. The third kappa shape index (κ3) is 5.41. The largest absolute Gasteiger partial charge is 0.299 e. The topological polar surface area (TPSA) is 92.3 Å². The highest BCUT2D eigenvalue weighted by molar-refractivity contribution is 7.92. The Hall–Kier alpha value is -2.49. The van der Waals surface area contributed by atoms with E-state index >= 15 is 0 Å². The van der Waals surface area contributed by atoms with E-state index in [-0.39, 0.29) is 6.42 Å². The summed E-state index contributed by atoms with van der Waals surface area (Å²) >= 11 is 7.33. The molecule has 0 saturated carbocycles. The van der Waals surface area contributed by atoms with Gasteiger partial charge in [-0.05, 0) is 38.0 Å². The zero-order chi connectivity index (χ0) is 22.8. The molecule has 1 atom stereocenters. The second-order valence-electron chi connectivity index (χ2n) is 7.18. The first kappa shape index (κ1) is 23.2. The Morgan fingerprint density at radius 1 is 1.16 bits per heavy atom. The fourth-order valence-corrected chi connectivity index (χ4v) is 5.31. The van der Waals surface area contributed by atoms with Gasteiger partial charge in [0.25, 0.3) is 0 Å². The standard InChI is InChI=1S/C21H23ClN4O3S2/c1-5-17(26(31(4,28)29)18-12-16(22)11-8-14(18)3)19(27)23-21-25-24-20(30-21)15-9-6-13(2)7-10-15/h6-12,17H,5H2,1-4H3,(H,23,25,27). The van der Waals surface area contributed by atoms with Crippen LogP contribution in [0.3, 0.4) is 0 Å². The van der Waals surface area contributed by atoms with Crippen LogP contribution in [-0.4, -0.2) is 36.8 Å². The van der Waals surface area contributed by atoms with E-state index in [9.17, 15) is 13.2 Å². The van der Waals surface area contributed by atoms with E-state index < -0.39 is 22.0 Å². The van der Waals surface area contributed by atoms with E-state index in [2.05, 4.69) is 15.5 Å². The number of benzene rings is 2. The molecule has 1 amide bonds. The molecule has 0 spiro atoms. The molecule has 0 aliphatic heterocycles. The molecule has 0 radical (unpaired) electrons. The number of anilines is 2. The molecule has 0 bridgehead atoms. The van der Waals surface area contributed by atoms with E-state index in [0.29, 0.717) is 26.4 Å². The van der Waals surface area contributed by atoms with E-state index in [4.69, 9.17) is 11.6 Å². The molecule has 2 aromatic carbocycles. The summed E-state index contributed by atoms with van der Waals surface area (Å²) in [6.45, 7) is 5.52. The Bertz CT molecular complexity index is 1190. The van der Waals surface area contributed by atoms with Crippen molar-refractivity contribution in [1.82, 2.24) is 10.2 Å². The van der Waals surface area contributed by atoms with Crippen LogP contribution in [0.1, 0.15) is 24.5 Å². The van der Waals surface area contributed by atoms with Crippen molar-refractivity contribution in [2.75, 3.05) is 15.9 Å². The zero-order valence-corrected chi connectivity index (χ0v) is 20.0. The number of hydrogen-bond acceptors (Lipinski definition) is 6. The maximum absolute atomic E-state index is 13.1. The molecule has 7 nitrogen and oxygen atoms in total. The molecule has 0 fully saturated rings. The minimum absolute atomic E-state index is 0.258. The molecular formula is C21H23ClN4O3S2. The van der Waals surface area contributed by atoms with Crippen LogP contribution in [-0.2, 0) is 14.8 Å². The first-order chi connectivity index (χ1) is 14.6. The van der Waals surface area contributed by atoms with Crippen molar-refractivity contribution >= 4 is 49.7 Å². The van der Waals surface area contributed by atoms with Crippen molar-refractivity contribution in [3.63, 3.8) is 0 Å². The van der Waals surface area contributed by atoms with Crippen LogP contribution in [0.2, 0.25) is 5.02 Å². The Morgan fingerprint density at radius 2 is 1.84 bits per heavy atom. The molecule has 1 heterocycles. The number of hydrogen-bond donors (Lipinski definition) is 1. The van der Waals surface area contributed by atoms with Gasteiger partial charge < -0.3 is 0 Å². The number of nitrogens with zero attached hydrogens (tertiary/aromatic N) is 3. The summed E-state index contributed by atoms with van der Waals surface area (Å²) in [6, 6.07) is 11.8. The van der Waals surface area contributed by atoms with Crippen molar-refractivity contribution in [2.45, 2.75) is 33.2 Å². The summed E-state index contributed by atoms with van der Waals surface area (Å²) in [5.41, 5.74) is 3.08.